The second-order valence-electron chi connectivity index (χ2n) is 5.90. The monoisotopic (exact) mass is 294 g/mol. The van der Waals surface area contributed by atoms with Gasteiger partial charge in [0.25, 0.3) is 0 Å². The molecule has 0 N–H and O–H groups in total. The number of aryl methyl sites for hydroxylation is 1. The predicted molar refractivity (Wildman–Crippen MR) is 79.4 cm³/mol. The van der Waals surface area contributed by atoms with Gasteiger partial charge in [0.1, 0.15) is 0 Å². The van der Waals surface area contributed by atoms with E-state index in [0.29, 0.717) is 6.42 Å². The Balaban J connectivity index is 1.62. The molecule has 2 aliphatic heterocycles. The molecule has 0 bridgehead atoms. The zero-order valence-corrected chi connectivity index (χ0v) is 13.0. The number of nitrogens with zero attached hydrogens (tertiary/aromatic N) is 2. The molecule has 110 valence electrons. The Hall–Kier alpha value is -0.910. The molecular formula is C15H22N2O2S. The van der Waals surface area contributed by atoms with Gasteiger partial charge in [-0.3, -0.25) is 14.5 Å². The summed E-state index contributed by atoms with van der Waals surface area (Å²) in [5, 5.41) is 3.82. The van der Waals surface area contributed by atoms with Crippen molar-refractivity contribution < 1.29 is 9.63 Å². The Kier molecular flexibility index (Phi) is 3.84. The summed E-state index contributed by atoms with van der Waals surface area (Å²) in [6, 6.07) is 2.19. The smallest absolute Gasteiger partial charge is 0.246 e. The fraction of sp³-hybridized carbons (Fsp3) is 0.667. The van der Waals surface area contributed by atoms with E-state index in [-0.39, 0.29) is 11.4 Å². The quantitative estimate of drug-likeness (QED) is 0.859. The highest BCUT2D eigenvalue weighted by Gasteiger charge is 2.47. The van der Waals surface area contributed by atoms with Gasteiger partial charge in [-0.15, -0.1) is 11.3 Å². The highest BCUT2D eigenvalue weighted by Crippen LogP contribution is 2.39. The number of thiophene rings is 1. The van der Waals surface area contributed by atoms with E-state index in [1.165, 1.54) is 10.4 Å². The maximum absolute atomic E-state index is 11.9. The van der Waals surface area contributed by atoms with Crippen LogP contribution in [0.15, 0.2) is 11.4 Å². The van der Waals surface area contributed by atoms with Crippen LogP contribution in [0.3, 0.4) is 0 Å². The van der Waals surface area contributed by atoms with Crippen molar-refractivity contribution in [1.29, 1.82) is 0 Å². The molecule has 0 saturated carbocycles. The number of hydroxylamine groups is 2. The average molecular weight is 294 g/mol. The van der Waals surface area contributed by atoms with Crippen molar-refractivity contribution >= 4 is 17.2 Å². The van der Waals surface area contributed by atoms with E-state index in [1.54, 1.807) is 12.2 Å². The molecule has 3 rings (SSSR count). The molecule has 3 heterocycles. The van der Waals surface area contributed by atoms with Crippen LogP contribution in [0.5, 0.6) is 0 Å². The van der Waals surface area contributed by atoms with Crippen LogP contribution in [-0.4, -0.2) is 41.6 Å². The lowest BCUT2D eigenvalue weighted by Crippen LogP contribution is -2.52. The molecule has 1 spiro atoms. The summed E-state index contributed by atoms with van der Waals surface area (Å²) in [5.41, 5.74) is 1.36. The van der Waals surface area contributed by atoms with Crippen LogP contribution in [0.2, 0.25) is 0 Å². The Morgan fingerprint density at radius 2 is 2.10 bits per heavy atom. The maximum atomic E-state index is 11.9. The summed E-state index contributed by atoms with van der Waals surface area (Å²) in [6.45, 7) is 5.31. The molecule has 0 atom stereocenters. The highest BCUT2D eigenvalue weighted by atomic mass is 32.1. The summed E-state index contributed by atoms with van der Waals surface area (Å²) >= 11 is 1.84. The van der Waals surface area contributed by atoms with Gasteiger partial charge in [-0.05, 0) is 43.2 Å². The van der Waals surface area contributed by atoms with Crippen molar-refractivity contribution in [2.75, 3.05) is 20.2 Å². The SMILES string of the molecule is CON1C(=O)CCC12CCN(Cc1sccc1C)CC2. The number of carbonyl (C=O) groups excluding carboxylic acids is 1. The molecule has 0 unspecified atom stereocenters. The van der Waals surface area contributed by atoms with Crippen LogP contribution in [0.4, 0.5) is 0 Å². The van der Waals surface area contributed by atoms with Crippen molar-refractivity contribution in [3.8, 4) is 0 Å². The molecule has 1 aromatic rings. The van der Waals surface area contributed by atoms with Crippen molar-refractivity contribution in [2.24, 2.45) is 0 Å². The normalized spacial score (nSPS) is 22.9. The Morgan fingerprint density at radius 3 is 2.70 bits per heavy atom. The first-order valence-corrected chi connectivity index (χ1v) is 8.15. The van der Waals surface area contributed by atoms with Gasteiger partial charge in [-0.2, -0.15) is 0 Å². The van der Waals surface area contributed by atoms with Gasteiger partial charge in [0.15, 0.2) is 0 Å². The Morgan fingerprint density at radius 1 is 1.35 bits per heavy atom. The second kappa shape index (κ2) is 5.47. The summed E-state index contributed by atoms with van der Waals surface area (Å²) in [6.07, 6.45) is 3.64. The van der Waals surface area contributed by atoms with Crippen molar-refractivity contribution in [3.63, 3.8) is 0 Å². The van der Waals surface area contributed by atoms with Crippen LogP contribution in [-0.2, 0) is 16.2 Å². The lowest BCUT2D eigenvalue weighted by Gasteiger charge is -2.43. The Labute approximate surface area is 124 Å². The van der Waals surface area contributed by atoms with Gasteiger partial charge in [-0.25, -0.2) is 5.06 Å². The first-order valence-electron chi connectivity index (χ1n) is 7.27. The van der Waals surface area contributed by atoms with Gasteiger partial charge in [-0.1, -0.05) is 0 Å². The van der Waals surface area contributed by atoms with E-state index in [9.17, 15) is 4.79 Å². The molecule has 2 saturated heterocycles. The fourth-order valence-corrected chi connectivity index (χ4v) is 4.40. The van der Waals surface area contributed by atoms with Crippen LogP contribution in [0, 0.1) is 6.92 Å². The molecule has 2 fully saturated rings. The molecule has 4 nitrogen and oxygen atoms in total. The standard InChI is InChI=1S/C15H22N2O2S/c1-12-4-10-20-13(12)11-16-8-6-15(7-9-16)5-3-14(18)17(15)19-2/h4,10H,3,5-9,11H2,1-2H3. The number of carbonyl (C=O) groups is 1. The zero-order valence-electron chi connectivity index (χ0n) is 12.2. The van der Waals surface area contributed by atoms with Crippen molar-refractivity contribution in [1.82, 2.24) is 9.96 Å². The molecule has 1 aromatic heterocycles. The van der Waals surface area contributed by atoms with Crippen LogP contribution in [0.1, 0.15) is 36.1 Å². The van der Waals surface area contributed by atoms with Gasteiger partial charge < -0.3 is 0 Å². The number of piperidine rings is 1. The first kappa shape index (κ1) is 14.0. The van der Waals surface area contributed by atoms with Gasteiger partial charge in [0.05, 0.1) is 12.6 Å². The minimum atomic E-state index is -0.0349. The lowest BCUT2D eigenvalue weighted by atomic mass is 9.86. The maximum Gasteiger partial charge on any atom is 0.246 e. The van der Waals surface area contributed by atoms with Crippen molar-refractivity contribution in [3.05, 3.63) is 21.9 Å². The summed E-state index contributed by atoms with van der Waals surface area (Å²) in [7, 11) is 1.62. The topological polar surface area (TPSA) is 32.8 Å². The van der Waals surface area contributed by atoms with E-state index >= 15 is 0 Å². The number of hydrogen-bond donors (Lipinski definition) is 0. The first-order chi connectivity index (χ1) is 9.64. The fourth-order valence-electron chi connectivity index (χ4n) is 3.45. The van der Waals surface area contributed by atoms with Crippen LogP contribution >= 0.6 is 11.3 Å². The molecule has 0 aromatic carbocycles. The third-order valence-electron chi connectivity index (χ3n) is 4.77. The predicted octanol–water partition coefficient (Wildman–Crippen LogP) is 2.57. The van der Waals surface area contributed by atoms with Crippen LogP contribution in [0.25, 0.3) is 0 Å². The van der Waals surface area contributed by atoms with E-state index in [0.717, 1.165) is 38.9 Å². The summed E-state index contributed by atoms with van der Waals surface area (Å²) < 4.78 is 0. The van der Waals surface area contributed by atoms with E-state index < -0.39 is 0 Å². The van der Waals surface area contributed by atoms with E-state index in [1.807, 2.05) is 11.3 Å². The number of hydrogen-bond acceptors (Lipinski definition) is 4. The zero-order chi connectivity index (χ0) is 14.2. The third kappa shape index (κ3) is 2.38. The lowest BCUT2D eigenvalue weighted by molar-refractivity contribution is -0.202. The van der Waals surface area contributed by atoms with Gasteiger partial charge in [0, 0.05) is 30.9 Å². The third-order valence-corrected chi connectivity index (χ3v) is 5.77. The molecule has 20 heavy (non-hydrogen) atoms. The highest BCUT2D eigenvalue weighted by molar-refractivity contribution is 7.10. The van der Waals surface area contributed by atoms with Crippen LogP contribution < -0.4 is 0 Å². The van der Waals surface area contributed by atoms with Gasteiger partial charge >= 0.3 is 0 Å². The second-order valence-corrected chi connectivity index (χ2v) is 6.90. The Bertz CT molecular complexity index is 492. The molecule has 1 amide bonds. The average Bonchev–Trinajstić information content (AvgIpc) is 2.98. The number of rotatable bonds is 3. The molecular weight excluding hydrogens is 272 g/mol. The molecule has 0 aliphatic carbocycles. The minimum Gasteiger partial charge on any atom is -0.298 e. The summed E-state index contributed by atoms with van der Waals surface area (Å²) in [5.74, 6) is 0.148. The molecule has 0 radical (unpaired) electrons. The number of amides is 1. The minimum absolute atomic E-state index is 0.0349. The van der Waals surface area contributed by atoms with E-state index in [4.69, 9.17) is 4.84 Å². The largest absolute Gasteiger partial charge is 0.298 e. The van der Waals surface area contributed by atoms with Crippen molar-refractivity contribution in [2.45, 2.75) is 44.7 Å². The number of likely N-dealkylation sites (tertiary alicyclic amines) is 1. The summed E-state index contributed by atoms with van der Waals surface area (Å²) in [4.78, 5) is 21.2. The molecule has 2 aliphatic rings. The van der Waals surface area contributed by atoms with E-state index in [2.05, 4.69) is 23.3 Å². The molecule has 5 heteroatoms. The van der Waals surface area contributed by atoms with Gasteiger partial charge in [0.2, 0.25) is 5.91 Å².